The van der Waals surface area contributed by atoms with Gasteiger partial charge in [0.2, 0.25) is 0 Å². The standard InChI is InChI=1S/C27H43IO2P2/c1-8-18-31(19-9-2)24-16-12-14-22(29-5)26(24)27-23(30-6)15-13-17-25(27)32(7,28,20-10-3)21-11-4/h12-17H,8-11,18-21H2,1-7H3. The molecule has 2 nitrogen and oxygen atoms in total. The van der Waals surface area contributed by atoms with Crippen LogP contribution in [0.25, 0.3) is 11.1 Å². The van der Waals surface area contributed by atoms with E-state index in [1.54, 1.807) is 0 Å². The monoisotopic (exact) mass is 588 g/mol. The van der Waals surface area contributed by atoms with Crippen molar-refractivity contribution < 1.29 is 9.47 Å². The van der Waals surface area contributed by atoms with Crippen LogP contribution >= 0.6 is 34.2 Å². The Hall–Kier alpha value is -0.370. The SMILES string of the molecule is CCCP(CCC)c1cccc(OC)c1-c1c(OC)cccc1P(C)(I)(CCC)CCC. The van der Waals surface area contributed by atoms with E-state index in [2.05, 4.69) is 92.8 Å². The summed E-state index contributed by atoms with van der Waals surface area (Å²) < 4.78 is 9.91. The van der Waals surface area contributed by atoms with Gasteiger partial charge in [-0.25, -0.2) is 0 Å². The second-order valence-electron chi connectivity index (χ2n) is 9.03. The first-order chi connectivity index (χ1) is 15.3. The van der Waals surface area contributed by atoms with Crippen LogP contribution in [0.4, 0.5) is 0 Å². The van der Waals surface area contributed by atoms with E-state index in [4.69, 9.17) is 9.47 Å². The van der Waals surface area contributed by atoms with Crippen LogP contribution in [0.2, 0.25) is 0 Å². The van der Waals surface area contributed by atoms with Crippen molar-refractivity contribution in [3.05, 3.63) is 36.4 Å². The van der Waals surface area contributed by atoms with Crippen molar-refractivity contribution in [2.24, 2.45) is 0 Å². The molecule has 0 aliphatic rings. The molecule has 0 heterocycles. The first-order valence-electron chi connectivity index (χ1n) is 12.1. The minimum absolute atomic E-state index is 0.244. The van der Waals surface area contributed by atoms with Gasteiger partial charge in [-0.1, -0.05) is 0 Å². The average molecular weight is 588 g/mol. The van der Waals surface area contributed by atoms with E-state index in [1.807, 2.05) is 14.2 Å². The molecule has 5 heteroatoms. The molecule has 2 aromatic rings. The Kier molecular flexibility index (Phi) is 10.8. The van der Waals surface area contributed by atoms with E-state index in [9.17, 15) is 0 Å². The van der Waals surface area contributed by atoms with Gasteiger partial charge in [0.05, 0.1) is 0 Å². The molecule has 0 radical (unpaired) electrons. The summed E-state index contributed by atoms with van der Waals surface area (Å²) in [6, 6.07) is 13.4. The van der Waals surface area contributed by atoms with Crippen molar-refractivity contribution in [1.82, 2.24) is 0 Å². The summed E-state index contributed by atoms with van der Waals surface area (Å²) in [4.78, 5) is 0. The molecule has 0 aliphatic heterocycles. The molecule has 0 unspecified atom stereocenters. The average Bonchev–Trinajstić information content (AvgIpc) is 2.78. The van der Waals surface area contributed by atoms with Crippen LogP contribution < -0.4 is 20.1 Å². The molecule has 0 fully saturated rings. The predicted octanol–water partition coefficient (Wildman–Crippen LogP) is 8.28. The van der Waals surface area contributed by atoms with Crippen LogP contribution in [0.3, 0.4) is 0 Å². The molecule has 2 rings (SSSR count). The summed E-state index contributed by atoms with van der Waals surface area (Å²) in [5, 5.41) is 2.99. The number of hydrogen-bond acceptors (Lipinski definition) is 2. The molecule has 2 aromatic carbocycles. The first kappa shape index (κ1) is 27.9. The van der Waals surface area contributed by atoms with E-state index in [1.165, 1.54) is 72.1 Å². The van der Waals surface area contributed by atoms with Gasteiger partial charge < -0.3 is 0 Å². The van der Waals surface area contributed by atoms with Crippen molar-refractivity contribution in [2.45, 2.75) is 53.4 Å². The van der Waals surface area contributed by atoms with Crippen LogP contribution in [0.15, 0.2) is 36.4 Å². The maximum absolute atomic E-state index is 6.06. The van der Waals surface area contributed by atoms with Crippen molar-refractivity contribution in [2.75, 3.05) is 45.5 Å². The fourth-order valence-corrected chi connectivity index (χ4v) is 16.2. The quantitative estimate of drug-likeness (QED) is 0.173. The number of methoxy groups -OCH3 is 2. The molecule has 0 bridgehead atoms. The predicted molar refractivity (Wildman–Crippen MR) is 159 cm³/mol. The molecule has 180 valence electrons. The van der Waals surface area contributed by atoms with Crippen LogP contribution in [0.5, 0.6) is 11.5 Å². The first-order valence-corrected chi connectivity index (χ1v) is 19.7. The zero-order valence-electron chi connectivity index (χ0n) is 21.2. The number of rotatable bonds is 13. The summed E-state index contributed by atoms with van der Waals surface area (Å²) in [7, 11) is 3.38. The van der Waals surface area contributed by atoms with Crippen molar-refractivity contribution in [3.63, 3.8) is 0 Å². The van der Waals surface area contributed by atoms with Crippen LogP contribution in [0.1, 0.15) is 53.4 Å². The molecule has 0 saturated carbocycles. The topological polar surface area (TPSA) is 18.5 Å². The van der Waals surface area contributed by atoms with E-state index in [0.29, 0.717) is 0 Å². The van der Waals surface area contributed by atoms with Gasteiger partial charge >= 0.3 is 212 Å². The fourth-order valence-electron chi connectivity index (χ4n) is 5.07. The Labute approximate surface area is 211 Å². The Bertz CT molecular complexity index is 866. The van der Waals surface area contributed by atoms with E-state index >= 15 is 0 Å². The molecule has 0 spiro atoms. The molecule has 32 heavy (non-hydrogen) atoms. The van der Waals surface area contributed by atoms with Crippen LogP contribution in [-0.2, 0) is 0 Å². The summed E-state index contributed by atoms with van der Waals surface area (Å²) >= 11 is 2.89. The van der Waals surface area contributed by atoms with Gasteiger partial charge in [0.25, 0.3) is 0 Å². The summed E-state index contributed by atoms with van der Waals surface area (Å²) in [6.07, 6.45) is 9.86. The Morgan fingerprint density at radius 2 is 1.25 bits per heavy atom. The van der Waals surface area contributed by atoms with E-state index in [0.717, 1.165) is 11.5 Å². The van der Waals surface area contributed by atoms with Gasteiger partial charge in [-0.05, 0) is 0 Å². The van der Waals surface area contributed by atoms with Crippen molar-refractivity contribution in [1.29, 1.82) is 0 Å². The summed E-state index contributed by atoms with van der Waals surface area (Å²) in [5.74, 6) is 1.96. The number of ether oxygens (including phenoxy) is 2. The third kappa shape index (κ3) is 6.00. The van der Waals surface area contributed by atoms with Crippen molar-refractivity contribution >= 4 is 44.8 Å². The van der Waals surface area contributed by atoms with Gasteiger partial charge in [0.15, 0.2) is 0 Å². The van der Waals surface area contributed by atoms with E-state index in [-0.39, 0.29) is 7.92 Å². The molecule has 0 N–H and O–H groups in total. The Balaban J connectivity index is 2.98. The van der Waals surface area contributed by atoms with E-state index < -0.39 is 4.25 Å². The summed E-state index contributed by atoms with van der Waals surface area (Å²) in [5.41, 5.74) is 2.58. The normalized spacial score (nSPS) is 13.1. The minimum atomic E-state index is -2.19. The fraction of sp³-hybridized carbons (Fsp3) is 0.556. The molecular weight excluding hydrogens is 545 g/mol. The molecule has 0 aliphatic carbocycles. The molecule has 0 amide bonds. The van der Waals surface area contributed by atoms with Crippen LogP contribution in [0, 0.1) is 0 Å². The van der Waals surface area contributed by atoms with Crippen LogP contribution in [-0.4, -0.2) is 45.5 Å². The zero-order chi connectivity index (χ0) is 23.8. The second kappa shape index (κ2) is 12.4. The van der Waals surface area contributed by atoms with Gasteiger partial charge in [-0.2, -0.15) is 0 Å². The number of hydrogen-bond donors (Lipinski definition) is 0. The van der Waals surface area contributed by atoms with Crippen molar-refractivity contribution in [3.8, 4) is 22.6 Å². The number of benzene rings is 2. The Morgan fingerprint density at radius 3 is 1.72 bits per heavy atom. The maximum atomic E-state index is 6.06. The Morgan fingerprint density at radius 1 is 0.750 bits per heavy atom. The van der Waals surface area contributed by atoms with Gasteiger partial charge in [0.1, 0.15) is 0 Å². The zero-order valence-corrected chi connectivity index (χ0v) is 25.2. The summed E-state index contributed by atoms with van der Waals surface area (Å²) in [6.45, 7) is 11.9. The van der Waals surface area contributed by atoms with Gasteiger partial charge in [-0.15, -0.1) is 0 Å². The second-order valence-corrected chi connectivity index (χ2v) is 25.1. The molecule has 0 aromatic heterocycles. The third-order valence-corrected chi connectivity index (χ3v) is 18.7. The molecule has 0 saturated heterocycles. The van der Waals surface area contributed by atoms with Gasteiger partial charge in [0, 0.05) is 0 Å². The molecule has 0 atom stereocenters. The third-order valence-electron chi connectivity index (χ3n) is 6.30. The van der Waals surface area contributed by atoms with Gasteiger partial charge in [-0.3, -0.25) is 0 Å². The molecular formula is C27H43IO2P2. The number of halogens is 1.